The summed E-state index contributed by atoms with van der Waals surface area (Å²) in [7, 11) is 0. The molecular weight excluding hydrogens is 286 g/mol. The van der Waals surface area contributed by atoms with Crippen LogP contribution in [0.2, 0.25) is 0 Å². The summed E-state index contributed by atoms with van der Waals surface area (Å²) in [6.07, 6.45) is 0.970. The van der Waals surface area contributed by atoms with Gasteiger partial charge in [0.1, 0.15) is 6.10 Å². The van der Waals surface area contributed by atoms with Gasteiger partial charge in [0.15, 0.2) is 0 Å². The van der Waals surface area contributed by atoms with Crippen molar-refractivity contribution < 1.29 is 19.1 Å². The van der Waals surface area contributed by atoms with Crippen molar-refractivity contribution in [1.82, 2.24) is 15.1 Å². The molecule has 1 fully saturated rings. The van der Waals surface area contributed by atoms with E-state index in [2.05, 4.69) is 10.2 Å². The summed E-state index contributed by atoms with van der Waals surface area (Å²) in [5.74, 6) is 0.0864. The second-order valence-corrected chi connectivity index (χ2v) is 5.19. The van der Waals surface area contributed by atoms with Crippen molar-refractivity contribution in [3.63, 3.8) is 0 Å². The van der Waals surface area contributed by atoms with Crippen LogP contribution in [0.15, 0.2) is 12.1 Å². The highest BCUT2D eigenvalue weighted by Gasteiger charge is 2.28. The molecule has 2 rings (SSSR count). The number of carbonyl (C=O) groups is 2. The molecule has 0 aliphatic carbocycles. The monoisotopic (exact) mass is 307 g/mol. The standard InChI is InChI=1S/C15H21N3O4/c1-3-21-15(20)7-6-14(19)18-9-8-12(10-18)22-13-5-4-11(2)16-17-13/h4-5,12H,3,6-10H2,1-2H3. The maximum absolute atomic E-state index is 12.0. The van der Waals surface area contributed by atoms with Gasteiger partial charge in [0.2, 0.25) is 11.8 Å². The van der Waals surface area contributed by atoms with Crippen LogP contribution >= 0.6 is 0 Å². The largest absolute Gasteiger partial charge is 0.471 e. The number of amides is 1. The number of hydrogen-bond acceptors (Lipinski definition) is 6. The van der Waals surface area contributed by atoms with E-state index < -0.39 is 0 Å². The van der Waals surface area contributed by atoms with Gasteiger partial charge in [0.25, 0.3) is 0 Å². The highest BCUT2D eigenvalue weighted by Crippen LogP contribution is 2.17. The van der Waals surface area contributed by atoms with Gasteiger partial charge < -0.3 is 14.4 Å². The number of nitrogens with zero attached hydrogens (tertiary/aromatic N) is 3. The van der Waals surface area contributed by atoms with E-state index in [1.807, 2.05) is 13.0 Å². The second kappa shape index (κ2) is 7.72. The Morgan fingerprint density at radius 1 is 1.32 bits per heavy atom. The van der Waals surface area contributed by atoms with Crippen molar-refractivity contribution in [2.24, 2.45) is 0 Å². The Hall–Kier alpha value is -2.18. The van der Waals surface area contributed by atoms with Gasteiger partial charge in [-0.25, -0.2) is 0 Å². The molecule has 22 heavy (non-hydrogen) atoms. The molecule has 1 aromatic heterocycles. The van der Waals surface area contributed by atoms with Gasteiger partial charge >= 0.3 is 5.97 Å². The second-order valence-electron chi connectivity index (χ2n) is 5.19. The van der Waals surface area contributed by atoms with Crippen molar-refractivity contribution in [3.8, 4) is 5.88 Å². The third-order valence-electron chi connectivity index (χ3n) is 3.41. The lowest BCUT2D eigenvalue weighted by molar-refractivity contribution is -0.145. The topological polar surface area (TPSA) is 81.6 Å². The fraction of sp³-hybridized carbons (Fsp3) is 0.600. The van der Waals surface area contributed by atoms with Crippen molar-refractivity contribution in [2.75, 3.05) is 19.7 Å². The van der Waals surface area contributed by atoms with Crippen LogP contribution in [0.3, 0.4) is 0 Å². The van der Waals surface area contributed by atoms with E-state index in [0.717, 1.165) is 12.1 Å². The summed E-state index contributed by atoms with van der Waals surface area (Å²) in [4.78, 5) is 25.0. The lowest BCUT2D eigenvalue weighted by Crippen LogP contribution is -2.31. The molecule has 1 saturated heterocycles. The van der Waals surface area contributed by atoms with Crippen LogP contribution < -0.4 is 4.74 Å². The SMILES string of the molecule is CCOC(=O)CCC(=O)N1CCC(Oc2ccc(C)nn2)C1. The average Bonchev–Trinajstić information content (AvgIpc) is 2.96. The number of aryl methyl sites for hydroxylation is 1. The van der Waals surface area contributed by atoms with Gasteiger partial charge in [0.05, 0.1) is 25.3 Å². The summed E-state index contributed by atoms with van der Waals surface area (Å²) < 4.78 is 10.5. The van der Waals surface area contributed by atoms with Crippen LogP contribution in [-0.2, 0) is 14.3 Å². The zero-order valence-corrected chi connectivity index (χ0v) is 12.9. The van der Waals surface area contributed by atoms with Gasteiger partial charge in [-0.3, -0.25) is 9.59 Å². The van der Waals surface area contributed by atoms with Gasteiger partial charge in [-0.2, -0.15) is 5.10 Å². The molecule has 0 saturated carbocycles. The zero-order chi connectivity index (χ0) is 15.9. The summed E-state index contributed by atoms with van der Waals surface area (Å²) in [6.45, 7) is 5.08. The Morgan fingerprint density at radius 3 is 2.82 bits per heavy atom. The van der Waals surface area contributed by atoms with Crippen LogP contribution in [0.5, 0.6) is 5.88 Å². The maximum atomic E-state index is 12.0. The summed E-state index contributed by atoms with van der Waals surface area (Å²) in [5.41, 5.74) is 0.828. The Balaban J connectivity index is 1.76. The summed E-state index contributed by atoms with van der Waals surface area (Å²) in [6, 6.07) is 3.60. The molecule has 0 N–H and O–H groups in total. The minimum absolute atomic E-state index is 0.0471. The first kappa shape index (κ1) is 16.2. The Labute approximate surface area is 129 Å². The molecule has 0 spiro atoms. The quantitative estimate of drug-likeness (QED) is 0.732. The van der Waals surface area contributed by atoms with E-state index in [1.54, 1.807) is 17.9 Å². The van der Waals surface area contributed by atoms with Gasteiger partial charge in [0, 0.05) is 25.5 Å². The van der Waals surface area contributed by atoms with Crippen molar-refractivity contribution in [2.45, 2.75) is 39.2 Å². The molecule has 1 aliphatic rings. The van der Waals surface area contributed by atoms with Gasteiger partial charge in [-0.1, -0.05) is 0 Å². The molecule has 2 heterocycles. The molecule has 0 aromatic carbocycles. The molecule has 7 nitrogen and oxygen atoms in total. The molecule has 1 unspecified atom stereocenters. The van der Waals surface area contributed by atoms with Gasteiger partial charge in [-0.05, 0) is 19.9 Å². The van der Waals surface area contributed by atoms with Gasteiger partial charge in [-0.15, -0.1) is 5.10 Å². The predicted molar refractivity (Wildman–Crippen MR) is 78.2 cm³/mol. The van der Waals surface area contributed by atoms with Crippen LogP contribution in [0, 0.1) is 6.92 Å². The minimum Gasteiger partial charge on any atom is -0.471 e. The Morgan fingerprint density at radius 2 is 2.14 bits per heavy atom. The van der Waals surface area contributed by atoms with E-state index in [-0.39, 0.29) is 30.8 Å². The normalized spacial score (nSPS) is 17.4. The summed E-state index contributed by atoms with van der Waals surface area (Å²) >= 11 is 0. The summed E-state index contributed by atoms with van der Waals surface area (Å²) in [5, 5.41) is 7.89. The van der Waals surface area contributed by atoms with Crippen molar-refractivity contribution in [3.05, 3.63) is 17.8 Å². The molecule has 1 aliphatic heterocycles. The molecule has 1 atom stereocenters. The maximum Gasteiger partial charge on any atom is 0.306 e. The fourth-order valence-corrected chi connectivity index (χ4v) is 2.27. The molecule has 120 valence electrons. The van der Waals surface area contributed by atoms with E-state index in [0.29, 0.717) is 25.6 Å². The smallest absolute Gasteiger partial charge is 0.306 e. The number of rotatable bonds is 6. The van der Waals surface area contributed by atoms with Crippen molar-refractivity contribution >= 4 is 11.9 Å². The first-order valence-corrected chi connectivity index (χ1v) is 7.49. The third kappa shape index (κ3) is 4.68. The lowest BCUT2D eigenvalue weighted by atomic mass is 10.3. The van der Waals surface area contributed by atoms with E-state index in [1.165, 1.54) is 0 Å². The minimum atomic E-state index is -0.335. The number of esters is 1. The van der Waals surface area contributed by atoms with Crippen LogP contribution in [0.25, 0.3) is 0 Å². The van der Waals surface area contributed by atoms with Crippen LogP contribution in [0.4, 0.5) is 0 Å². The Bertz CT molecular complexity index is 518. The molecule has 7 heteroatoms. The third-order valence-corrected chi connectivity index (χ3v) is 3.41. The number of hydrogen-bond donors (Lipinski definition) is 0. The number of carbonyl (C=O) groups excluding carboxylic acids is 2. The van der Waals surface area contributed by atoms with E-state index in [9.17, 15) is 9.59 Å². The van der Waals surface area contributed by atoms with Crippen LogP contribution in [-0.4, -0.2) is 52.8 Å². The highest BCUT2D eigenvalue weighted by molar-refractivity contribution is 5.81. The predicted octanol–water partition coefficient (Wildman–Crippen LogP) is 1.11. The molecule has 1 aromatic rings. The molecular formula is C15H21N3O4. The number of likely N-dealkylation sites (tertiary alicyclic amines) is 1. The lowest BCUT2D eigenvalue weighted by Gasteiger charge is -2.16. The van der Waals surface area contributed by atoms with E-state index in [4.69, 9.17) is 9.47 Å². The molecule has 0 bridgehead atoms. The average molecular weight is 307 g/mol. The van der Waals surface area contributed by atoms with Crippen molar-refractivity contribution in [1.29, 1.82) is 0 Å². The first-order chi connectivity index (χ1) is 10.6. The number of ether oxygens (including phenoxy) is 2. The van der Waals surface area contributed by atoms with Crippen LogP contribution in [0.1, 0.15) is 31.9 Å². The van der Waals surface area contributed by atoms with E-state index >= 15 is 0 Å². The number of aromatic nitrogens is 2. The molecule has 0 radical (unpaired) electrons. The highest BCUT2D eigenvalue weighted by atomic mass is 16.5. The zero-order valence-electron chi connectivity index (χ0n) is 12.9. The molecule has 1 amide bonds. The Kier molecular flexibility index (Phi) is 5.68. The first-order valence-electron chi connectivity index (χ1n) is 7.49. The fourth-order valence-electron chi connectivity index (χ4n) is 2.27.